The zero-order chi connectivity index (χ0) is 13.3. The van der Waals surface area contributed by atoms with Gasteiger partial charge in [0.2, 0.25) is 0 Å². The minimum Gasteiger partial charge on any atom is -0.381 e. The largest absolute Gasteiger partial charge is 0.381 e. The minimum absolute atomic E-state index is 0.131. The molecule has 2 N–H and O–H groups in total. The lowest BCUT2D eigenvalue weighted by Gasteiger charge is -2.51. The van der Waals surface area contributed by atoms with Gasteiger partial charge in [-0.1, -0.05) is 13.8 Å². The van der Waals surface area contributed by atoms with Gasteiger partial charge in [-0.15, -0.1) is 0 Å². The first-order chi connectivity index (χ1) is 8.50. The molecule has 1 aliphatic carbocycles. The SMILES string of the molecule is CNc1ncnc(NC2CC(OC)C2(C)C)c1C. The number of hydrogen-bond donors (Lipinski definition) is 2. The number of nitrogens with one attached hydrogen (secondary N) is 2. The maximum Gasteiger partial charge on any atom is 0.134 e. The van der Waals surface area contributed by atoms with Crippen molar-refractivity contribution < 1.29 is 4.74 Å². The van der Waals surface area contributed by atoms with Crippen LogP contribution in [-0.4, -0.2) is 36.3 Å². The molecule has 5 heteroatoms. The monoisotopic (exact) mass is 250 g/mol. The van der Waals surface area contributed by atoms with E-state index >= 15 is 0 Å². The predicted molar refractivity (Wildman–Crippen MR) is 72.9 cm³/mol. The van der Waals surface area contributed by atoms with Crippen LogP contribution < -0.4 is 10.6 Å². The van der Waals surface area contributed by atoms with Gasteiger partial charge in [0.05, 0.1) is 6.10 Å². The first-order valence-corrected chi connectivity index (χ1v) is 6.29. The van der Waals surface area contributed by atoms with Gasteiger partial charge in [-0.3, -0.25) is 0 Å². The van der Waals surface area contributed by atoms with Crippen molar-refractivity contribution in [3.05, 3.63) is 11.9 Å². The maximum absolute atomic E-state index is 5.46. The summed E-state index contributed by atoms with van der Waals surface area (Å²) in [6, 6.07) is 0.390. The molecule has 1 aromatic heterocycles. The normalized spacial score (nSPS) is 25.4. The molecule has 1 saturated carbocycles. The molecule has 1 aliphatic rings. The highest BCUT2D eigenvalue weighted by Crippen LogP contribution is 2.44. The fourth-order valence-electron chi connectivity index (χ4n) is 2.54. The number of rotatable bonds is 4. The Morgan fingerprint density at radius 1 is 1.33 bits per heavy atom. The third-order valence-corrected chi connectivity index (χ3v) is 4.09. The number of nitrogens with zero attached hydrogens (tertiary/aromatic N) is 2. The third-order valence-electron chi connectivity index (χ3n) is 4.09. The summed E-state index contributed by atoms with van der Waals surface area (Å²) in [5, 5.41) is 6.57. The van der Waals surface area contributed by atoms with Crippen molar-refractivity contribution in [1.82, 2.24) is 9.97 Å². The van der Waals surface area contributed by atoms with E-state index in [1.165, 1.54) is 0 Å². The molecule has 0 amide bonds. The van der Waals surface area contributed by atoms with Crippen molar-refractivity contribution in [2.45, 2.75) is 39.3 Å². The summed E-state index contributed by atoms with van der Waals surface area (Å²) in [6.45, 7) is 6.46. The Hall–Kier alpha value is -1.36. The Balaban J connectivity index is 2.12. The molecular formula is C13H22N4O. The molecule has 5 nitrogen and oxygen atoms in total. The third kappa shape index (κ3) is 2.03. The molecule has 1 heterocycles. The quantitative estimate of drug-likeness (QED) is 0.856. The second-order valence-electron chi connectivity index (χ2n) is 5.42. The van der Waals surface area contributed by atoms with E-state index < -0.39 is 0 Å². The van der Waals surface area contributed by atoms with Crippen LogP contribution in [0.1, 0.15) is 25.8 Å². The van der Waals surface area contributed by atoms with E-state index in [1.807, 2.05) is 14.0 Å². The van der Waals surface area contributed by atoms with Gasteiger partial charge < -0.3 is 15.4 Å². The van der Waals surface area contributed by atoms with Crippen molar-refractivity contribution in [1.29, 1.82) is 0 Å². The second-order valence-corrected chi connectivity index (χ2v) is 5.42. The molecule has 0 bridgehead atoms. The Morgan fingerprint density at radius 2 is 2.00 bits per heavy atom. The average Bonchev–Trinajstić information content (AvgIpc) is 2.35. The molecule has 1 fully saturated rings. The van der Waals surface area contributed by atoms with Crippen LogP contribution in [0.15, 0.2) is 6.33 Å². The first kappa shape index (κ1) is 13.1. The zero-order valence-electron chi connectivity index (χ0n) is 11.7. The lowest BCUT2D eigenvalue weighted by molar-refractivity contribution is -0.0795. The Labute approximate surface area is 108 Å². The molecule has 0 saturated heterocycles. The van der Waals surface area contributed by atoms with Crippen LogP contribution in [0.25, 0.3) is 0 Å². The molecular weight excluding hydrogens is 228 g/mol. The van der Waals surface area contributed by atoms with Gasteiger partial charge in [0.15, 0.2) is 0 Å². The maximum atomic E-state index is 5.46. The number of aromatic nitrogens is 2. The van der Waals surface area contributed by atoms with Gasteiger partial charge in [-0.25, -0.2) is 9.97 Å². The molecule has 0 aliphatic heterocycles. The molecule has 100 valence electrons. The molecule has 0 aromatic carbocycles. The van der Waals surface area contributed by atoms with Gasteiger partial charge in [0, 0.05) is 31.2 Å². The number of hydrogen-bond acceptors (Lipinski definition) is 5. The molecule has 2 rings (SSSR count). The zero-order valence-corrected chi connectivity index (χ0v) is 11.7. The summed E-state index contributed by atoms with van der Waals surface area (Å²) in [5.41, 5.74) is 1.18. The fourth-order valence-corrected chi connectivity index (χ4v) is 2.54. The highest BCUT2D eigenvalue weighted by atomic mass is 16.5. The summed E-state index contributed by atoms with van der Waals surface area (Å²) >= 11 is 0. The first-order valence-electron chi connectivity index (χ1n) is 6.29. The lowest BCUT2D eigenvalue weighted by atomic mass is 9.64. The summed E-state index contributed by atoms with van der Waals surface area (Å²) in [4.78, 5) is 8.51. The van der Waals surface area contributed by atoms with E-state index in [4.69, 9.17) is 4.74 Å². The molecule has 0 radical (unpaired) electrons. The van der Waals surface area contributed by atoms with E-state index in [1.54, 1.807) is 13.4 Å². The fraction of sp³-hybridized carbons (Fsp3) is 0.692. The van der Waals surface area contributed by atoms with Gasteiger partial charge >= 0.3 is 0 Å². The van der Waals surface area contributed by atoms with Crippen molar-refractivity contribution >= 4 is 11.6 Å². The Bertz CT molecular complexity index is 433. The highest BCUT2D eigenvalue weighted by Gasteiger charge is 2.48. The average molecular weight is 250 g/mol. The Kier molecular flexibility index (Phi) is 3.43. The minimum atomic E-state index is 0.131. The van der Waals surface area contributed by atoms with Crippen molar-refractivity contribution in [2.24, 2.45) is 5.41 Å². The van der Waals surface area contributed by atoms with E-state index in [2.05, 4.69) is 34.4 Å². The van der Waals surface area contributed by atoms with Gasteiger partial charge in [0.25, 0.3) is 0 Å². The van der Waals surface area contributed by atoms with Gasteiger partial charge in [-0.05, 0) is 13.3 Å². The summed E-state index contributed by atoms with van der Waals surface area (Å²) in [6.07, 6.45) is 2.92. The van der Waals surface area contributed by atoms with Crippen molar-refractivity contribution in [3.8, 4) is 0 Å². The standard InChI is InChI=1S/C13H22N4O/c1-8-11(14-4)15-7-16-12(8)17-9-6-10(18-5)13(9,2)3/h7,9-10H,6H2,1-5H3,(H2,14,15,16,17). The Morgan fingerprint density at radius 3 is 2.56 bits per heavy atom. The smallest absolute Gasteiger partial charge is 0.134 e. The summed E-state index contributed by atoms with van der Waals surface area (Å²) in [7, 11) is 3.64. The highest BCUT2D eigenvalue weighted by molar-refractivity contribution is 5.56. The molecule has 1 aromatic rings. The lowest BCUT2D eigenvalue weighted by Crippen LogP contribution is -2.57. The molecule has 2 atom stereocenters. The van der Waals surface area contributed by atoms with Crippen molar-refractivity contribution in [2.75, 3.05) is 24.8 Å². The van der Waals surface area contributed by atoms with Crippen molar-refractivity contribution in [3.63, 3.8) is 0 Å². The van der Waals surface area contributed by atoms with Crippen LogP contribution >= 0.6 is 0 Å². The van der Waals surface area contributed by atoms with Gasteiger partial charge in [0.1, 0.15) is 18.0 Å². The molecule has 0 spiro atoms. The van der Waals surface area contributed by atoms with Crippen LogP contribution in [0.3, 0.4) is 0 Å². The predicted octanol–water partition coefficient (Wildman–Crippen LogP) is 2.05. The van der Waals surface area contributed by atoms with E-state index in [0.29, 0.717) is 12.1 Å². The van der Waals surface area contributed by atoms with E-state index in [0.717, 1.165) is 23.6 Å². The molecule has 2 unspecified atom stereocenters. The van der Waals surface area contributed by atoms with Crippen LogP contribution in [0, 0.1) is 12.3 Å². The number of ether oxygens (including phenoxy) is 1. The number of anilines is 2. The summed E-state index contributed by atoms with van der Waals surface area (Å²) < 4.78 is 5.46. The number of methoxy groups -OCH3 is 1. The van der Waals surface area contributed by atoms with Gasteiger partial charge in [-0.2, -0.15) is 0 Å². The van der Waals surface area contributed by atoms with Crippen LogP contribution in [0.2, 0.25) is 0 Å². The van der Waals surface area contributed by atoms with Crippen LogP contribution in [-0.2, 0) is 4.74 Å². The second kappa shape index (κ2) is 4.72. The van der Waals surface area contributed by atoms with E-state index in [9.17, 15) is 0 Å². The molecule has 18 heavy (non-hydrogen) atoms. The topological polar surface area (TPSA) is 59.1 Å². The van der Waals surface area contributed by atoms with Crippen LogP contribution in [0.4, 0.5) is 11.6 Å². The van der Waals surface area contributed by atoms with Crippen LogP contribution in [0.5, 0.6) is 0 Å². The summed E-state index contributed by atoms with van der Waals surface area (Å²) in [5.74, 6) is 1.77. The van der Waals surface area contributed by atoms with E-state index in [-0.39, 0.29) is 5.41 Å².